The number of hydrogen-bond acceptors (Lipinski definition) is 5. The summed E-state index contributed by atoms with van der Waals surface area (Å²) in [4.78, 5) is 20.4. The normalized spacial score (nSPS) is 15.4. The van der Waals surface area contributed by atoms with Crippen LogP contribution in [0.25, 0.3) is 0 Å². The maximum Gasteiger partial charge on any atom is 0.459 e. The minimum absolute atomic E-state index is 0.128. The van der Waals surface area contributed by atoms with Gasteiger partial charge in [-0.05, 0) is 22.9 Å². The van der Waals surface area contributed by atoms with Crippen LogP contribution in [-0.4, -0.2) is 30.8 Å². The monoisotopic (exact) mass is 198 g/mol. The molecule has 8 heteroatoms. The number of nitro groups is 1. The summed E-state index contributed by atoms with van der Waals surface area (Å²) in [6.45, 7) is 0. The van der Waals surface area contributed by atoms with Crippen LogP contribution in [0.3, 0.4) is 0 Å². The topological polar surface area (TPSA) is 111 Å². The van der Waals surface area contributed by atoms with E-state index in [0.717, 1.165) is 17.4 Å². The zero-order chi connectivity index (χ0) is 10.3. The molecule has 74 valence electrons. The third-order valence-electron chi connectivity index (χ3n) is 1.94. The van der Waals surface area contributed by atoms with Gasteiger partial charge in [0.25, 0.3) is 0 Å². The number of rotatable bonds is 3. The van der Waals surface area contributed by atoms with E-state index in [0.29, 0.717) is 0 Å². The van der Waals surface area contributed by atoms with Crippen molar-refractivity contribution in [2.75, 3.05) is 0 Å². The van der Waals surface area contributed by atoms with E-state index in [1.54, 1.807) is 0 Å². The van der Waals surface area contributed by atoms with Gasteiger partial charge >= 0.3 is 17.7 Å². The Balaban J connectivity index is 2.52. The minimum Gasteiger partial charge on any atom is -0.474 e. The minimum atomic E-state index is -1.29. The summed E-state index contributed by atoms with van der Waals surface area (Å²) >= 11 is 0. The Kier molecular flexibility index (Phi) is 1.69. The van der Waals surface area contributed by atoms with Crippen molar-refractivity contribution < 1.29 is 14.8 Å². The molecule has 0 aliphatic heterocycles. The molecule has 1 N–H and O–H groups in total. The molecule has 0 radical (unpaired) electrons. The zero-order valence-electron chi connectivity index (χ0n) is 6.95. The molecule has 0 spiro atoms. The molecule has 1 saturated carbocycles. The summed E-state index contributed by atoms with van der Waals surface area (Å²) in [6, 6.07) is -0.128. The van der Waals surface area contributed by atoms with Crippen LogP contribution >= 0.6 is 0 Å². The molecule has 1 aromatic heterocycles. The highest BCUT2D eigenvalue weighted by molar-refractivity contribution is 5.83. The molecule has 1 fully saturated rings. The lowest BCUT2D eigenvalue weighted by Crippen LogP contribution is -2.10. The van der Waals surface area contributed by atoms with Crippen LogP contribution in [-0.2, 0) is 0 Å². The van der Waals surface area contributed by atoms with Crippen LogP contribution < -0.4 is 0 Å². The summed E-state index contributed by atoms with van der Waals surface area (Å²) in [5.74, 6) is -2.15. The Bertz CT molecular complexity index is 376. The van der Waals surface area contributed by atoms with E-state index in [1.807, 2.05) is 0 Å². The van der Waals surface area contributed by atoms with Gasteiger partial charge in [-0.15, -0.1) is 0 Å². The van der Waals surface area contributed by atoms with E-state index in [-0.39, 0.29) is 11.9 Å². The summed E-state index contributed by atoms with van der Waals surface area (Å²) in [6.07, 6.45) is 1.47. The van der Waals surface area contributed by atoms with Crippen LogP contribution in [0.1, 0.15) is 29.5 Å². The van der Waals surface area contributed by atoms with E-state index in [1.165, 1.54) is 0 Å². The first-order valence-electron chi connectivity index (χ1n) is 3.94. The second-order valence-electron chi connectivity index (χ2n) is 2.99. The van der Waals surface area contributed by atoms with Gasteiger partial charge in [0.15, 0.2) is 0 Å². The number of aromatic carboxylic acids is 1. The molecule has 2 rings (SSSR count). The Morgan fingerprint density at radius 1 is 1.57 bits per heavy atom. The molecule has 1 aliphatic carbocycles. The number of hydrogen-bond donors (Lipinski definition) is 1. The number of nitrogens with zero attached hydrogens (tertiary/aromatic N) is 4. The maximum atomic E-state index is 10.6. The van der Waals surface area contributed by atoms with E-state index in [9.17, 15) is 14.9 Å². The highest BCUT2D eigenvalue weighted by Gasteiger charge is 2.38. The number of carboxylic acid groups (broad SMARTS) is 1. The van der Waals surface area contributed by atoms with Gasteiger partial charge in [-0.1, -0.05) is 0 Å². The average Bonchev–Trinajstić information content (AvgIpc) is 2.83. The third-order valence-corrected chi connectivity index (χ3v) is 1.94. The van der Waals surface area contributed by atoms with Crippen molar-refractivity contribution in [2.24, 2.45) is 0 Å². The fourth-order valence-electron chi connectivity index (χ4n) is 1.22. The van der Waals surface area contributed by atoms with Crippen molar-refractivity contribution in [3.8, 4) is 0 Å². The van der Waals surface area contributed by atoms with Gasteiger partial charge in [-0.25, -0.2) is 4.79 Å². The van der Waals surface area contributed by atoms with E-state index < -0.39 is 16.8 Å². The molecule has 0 amide bonds. The molecule has 1 aromatic rings. The first-order chi connectivity index (χ1) is 6.61. The fraction of sp³-hybridized carbons (Fsp3) is 0.500. The Labute approximate surface area is 77.3 Å². The van der Waals surface area contributed by atoms with Gasteiger partial charge in [-0.2, -0.15) is 4.57 Å². The van der Waals surface area contributed by atoms with Crippen molar-refractivity contribution in [3.05, 3.63) is 15.9 Å². The first kappa shape index (κ1) is 8.60. The lowest BCUT2D eigenvalue weighted by molar-refractivity contribution is -0.397. The molecule has 1 heterocycles. The Morgan fingerprint density at radius 3 is 2.64 bits per heavy atom. The van der Waals surface area contributed by atoms with Crippen molar-refractivity contribution in [1.29, 1.82) is 0 Å². The second-order valence-corrected chi connectivity index (χ2v) is 2.99. The number of aromatic nitrogens is 3. The molecule has 1 aliphatic rings. The van der Waals surface area contributed by atoms with Crippen molar-refractivity contribution in [1.82, 2.24) is 14.8 Å². The molecule has 8 nitrogen and oxygen atoms in total. The highest BCUT2D eigenvalue weighted by Crippen LogP contribution is 2.38. The lowest BCUT2D eigenvalue weighted by atomic mass is 10.5. The van der Waals surface area contributed by atoms with Crippen LogP contribution in [0.5, 0.6) is 0 Å². The van der Waals surface area contributed by atoms with Crippen LogP contribution in [0, 0.1) is 10.1 Å². The molecule has 0 unspecified atom stereocenters. The standard InChI is InChI=1S/C6H6N4O4/c11-5(12)4-7-8-6(10(13)14)9(4)3-1-2-3/h3H,1-2H2,(H,11,12). The average molecular weight is 198 g/mol. The first-order valence-corrected chi connectivity index (χ1v) is 3.94. The lowest BCUT2D eigenvalue weighted by Gasteiger charge is -1.98. The molecule has 0 saturated heterocycles. The summed E-state index contributed by atoms with van der Waals surface area (Å²) in [7, 11) is 0. The zero-order valence-corrected chi connectivity index (χ0v) is 6.95. The van der Waals surface area contributed by atoms with Crippen molar-refractivity contribution in [2.45, 2.75) is 18.9 Å². The number of carbonyl (C=O) groups is 1. The van der Waals surface area contributed by atoms with E-state index >= 15 is 0 Å². The predicted octanol–water partition coefficient (Wildman–Crippen LogP) is 0.219. The third kappa shape index (κ3) is 1.20. The summed E-state index contributed by atoms with van der Waals surface area (Å²) < 4.78 is 1.07. The van der Waals surface area contributed by atoms with Crippen LogP contribution in [0.15, 0.2) is 0 Å². The van der Waals surface area contributed by atoms with Crippen LogP contribution in [0.4, 0.5) is 5.95 Å². The van der Waals surface area contributed by atoms with Gasteiger partial charge in [0.1, 0.15) is 0 Å². The van der Waals surface area contributed by atoms with Gasteiger partial charge in [0.05, 0.1) is 11.1 Å². The quantitative estimate of drug-likeness (QED) is 0.549. The highest BCUT2D eigenvalue weighted by atomic mass is 16.6. The molecular weight excluding hydrogens is 192 g/mol. The largest absolute Gasteiger partial charge is 0.474 e. The van der Waals surface area contributed by atoms with Gasteiger partial charge in [0.2, 0.25) is 0 Å². The molecule has 0 bridgehead atoms. The molecular formula is C6H6N4O4. The SMILES string of the molecule is O=C(O)c1nnc([N+](=O)[O-])n1C1CC1. The van der Waals surface area contributed by atoms with Crippen molar-refractivity contribution >= 4 is 11.9 Å². The Hall–Kier alpha value is -1.99. The van der Waals surface area contributed by atoms with E-state index in [2.05, 4.69) is 10.2 Å². The summed E-state index contributed by atoms with van der Waals surface area (Å²) in [5, 5.41) is 25.7. The number of carboxylic acids is 1. The maximum absolute atomic E-state index is 10.6. The predicted molar refractivity (Wildman–Crippen MR) is 41.9 cm³/mol. The van der Waals surface area contributed by atoms with Crippen molar-refractivity contribution in [3.63, 3.8) is 0 Å². The van der Waals surface area contributed by atoms with Gasteiger partial charge in [0, 0.05) is 0 Å². The fourth-order valence-corrected chi connectivity index (χ4v) is 1.22. The molecule has 0 aromatic carbocycles. The second kappa shape index (κ2) is 2.76. The van der Waals surface area contributed by atoms with Gasteiger partial charge < -0.3 is 15.2 Å². The van der Waals surface area contributed by atoms with Crippen LogP contribution in [0.2, 0.25) is 0 Å². The smallest absolute Gasteiger partial charge is 0.459 e. The summed E-state index contributed by atoms with van der Waals surface area (Å²) in [5.41, 5.74) is 0. The Morgan fingerprint density at radius 2 is 2.21 bits per heavy atom. The van der Waals surface area contributed by atoms with Gasteiger partial charge in [-0.3, -0.25) is 0 Å². The molecule has 0 atom stereocenters. The van der Waals surface area contributed by atoms with E-state index in [4.69, 9.17) is 5.11 Å². The molecule has 14 heavy (non-hydrogen) atoms.